The maximum Gasteiger partial charge on any atom is 0.234 e. The number of hydrogen-bond acceptors (Lipinski definition) is 3. The van der Waals surface area contributed by atoms with Crippen molar-refractivity contribution in [2.24, 2.45) is 0 Å². The quantitative estimate of drug-likeness (QED) is 0.535. The molecule has 4 nitrogen and oxygen atoms in total. The van der Waals surface area contributed by atoms with Gasteiger partial charge in [-0.05, 0) is 12.1 Å². The predicted molar refractivity (Wildman–Crippen MR) is 53.6 cm³/mol. The van der Waals surface area contributed by atoms with Gasteiger partial charge >= 0.3 is 0 Å². The van der Waals surface area contributed by atoms with Crippen LogP contribution in [-0.4, -0.2) is 18.1 Å². The number of carbonyl (C=O) groups excluding carboxylic acids is 3. The molecule has 0 bridgehead atoms. The molecule has 0 N–H and O–H groups in total. The van der Waals surface area contributed by atoms with Crippen LogP contribution in [0.25, 0.3) is 0 Å². The third-order valence-corrected chi connectivity index (χ3v) is 2.32. The van der Waals surface area contributed by atoms with E-state index in [0.717, 1.165) is 4.90 Å². The van der Waals surface area contributed by atoms with Gasteiger partial charge < -0.3 is 0 Å². The Hall–Kier alpha value is -1.97. The van der Waals surface area contributed by atoms with Crippen molar-refractivity contribution in [3.63, 3.8) is 0 Å². The highest BCUT2D eigenvalue weighted by Gasteiger charge is 2.30. The molecule has 0 spiro atoms. The molecule has 4 heteroatoms. The van der Waals surface area contributed by atoms with Gasteiger partial charge in [-0.3, -0.25) is 19.3 Å². The monoisotopic (exact) mass is 203 g/mol. The minimum atomic E-state index is -0.206. The summed E-state index contributed by atoms with van der Waals surface area (Å²) in [5, 5.41) is 0. The van der Waals surface area contributed by atoms with Gasteiger partial charge in [0.1, 0.15) is 6.29 Å². The second-order valence-corrected chi connectivity index (χ2v) is 3.34. The van der Waals surface area contributed by atoms with Crippen LogP contribution in [-0.2, 0) is 9.59 Å². The number of anilines is 1. The molecule has 2 rings (SSSR count). The third kappa shape index (κ3) is 1.66. The van der Waals surface area contributed by atoms with Crippen molar-refractivity contribution in [2.75, 3.05) is 4.90 Å². The van der Waals surface area contributed by atoms with Crippen LogP contribution in [0, 0.1) is 0 Å². The average Bonchev–Trinajstić information content (AvgIpc) is 2.59. The van der Waals surface area contributed by atoms with Gasteiger partial charge in [0.15, 0.2) is 0 Å². The lowest BCUT2D eigenvalue weighted by Crippen LogP contribution is -2.28. The minimum Gasteiger partial charge on any atom is -0.298 e. The fourth-order valence-corrected chi connectivity index (χ4v) is 1.60. The van der Waals surface area contributed by atoms with Crippen LogP contribution in [0.1, 0.15) is 23.2 Å². The molecule has 1 heterocycles. The summed E-state index contributed by atoms with van der Waals surface area (Å²) in [5.74, 6) is -0.411. The first-order valence-electron chi connectivity index (χ1n) is 4.63. The van der Waals surface area contributed by atoms with Crippen molar-refractivity contribution >= 4 is 23.8 Å². The fraction of sp³-hybridized carbons (Fsp3) is 0.182. The van der Waals surface area contributed by atoms with Crippen LogP contribution >= 0.6 is 0 Å². The maximum absolute atomic E-state index is 11.4. The molecule has 0 aliphatic carbocycles. The lowest BCUT2D eigenvalue weighted by molar-refractivity contribution is -0.121. The summed E-state index contributed by atoms with van der Waals surface area (Å²) in [4.78, 5) is 34.5. The molecule has 76 valence electrons. The molecular weight excluding hydrogens is 194 g/mol. The van der Waals surface area contributed by atoms with E-state index in [1.54, 1.807) is 18.2 Å². The molecule has 0 atom stereocenters. The SMILES string of the molecule is O=Cc1cccc(N2C(=O)CCC2=O)c1. The van der Waals surface area contributed by atoms with Crippen molar-refractivity contribution in [3.8, 4) is 0 Å². The summed E-state index contributed by atoms with van der Waals surface area (Å²) in [5.41, 5.74) is 0.937. The normalized spacial score (nSPS) is 15.9. The number of aldehydes is 1. The Balaban J connectivity index is 2.40. The van der Waals surface area contributed by atoms with E-state index in [1.165, 1.54) is 6.07 Å². The number of rotatable bonds is 2. The Kier molecular flexibility index (Phi) is 2.33. The number of nitrogens with zero attached hydrogens (tertiary/aromatic N) is 1. The Labute approximate surface area is 86.5 Å². The van der Waals surface area contributed by atoms with E-state index in [4.69, 9.17) is 0 Å². The van der Waals surface area contributed by atoms with Crippen LogP contribution in [0.3, 0.4) is 0 Å². The van der Waals surface area contributed by atoms with Gasteiger partial charge in [0.2, 0.25) is 11.8 Å². The van der Waals surface area contributed by atoms with Crippen molar-refractivity contribution in [2.45, 2.75) is 12.8 Å². The van der Waals surface area contributed by atoms with Crippen molar-refractivity contribution in [1.82, 2.24) is 0 Å². The van der Waals surface area contributed by atoms with Crippen LogP contribution in [0.15, 0.2) is 24.3 Å². The number of hydrogen-bond donors (Lipinski definition) is 0. The average molecular weight is 203 g/mol. The molecule has 1 saturated heterocycles. The molecule has 1 aliphatic rings. The molecule has 0 aromatic heterocycles. The number of benzene rings is 1. The van der Waals surface area contributed by atoms with Crippen molar-refractivity contribution < 1.29 is 14.4 Å². The largest absolute Gasteiger partial charge is 0.298 e. The van der Waals surface area contributed by atoms with Gasteiger partial charge in [-0.1, -0.05) is 12.1 Å². The molecule has 0 saturated carbocycles. The highest BCUT2D eigenvalue weighted by Crippen LogP contribution is 2.22. The molecule has 2 amide bonds. The highest BCUT2D eigenvalue weighted by atomic mass is 16.2. The molecule has 1 aromatic rings. The molecule has 0 unspecified atom stereocenters. The van der Waals surface area contributed by atoms with Gasteiger partial charge in [0.05, 0.1) is 5.69 Å². The Morgan fingerprint density at radius 3 is 2.40 bits per heavy atom. The summed E-state index contributed by atoms with van der Waals surface area (Å²) in [6.45, 7) is 0. The zero-order chi connectivity index (χ0) is 10.8. The van der Waals surface area contributed by atoms with E-state index >= 15 is 0 Å². The molecule has 1 aliphatic heterocycles. The Morgan fingerprint density at radius 2 is 1.80 bits per heavy atom. The van der Waals surface area contributed by atoms with E-state index < -0.39 is 0 Å². The van der Waals surface area contributed by atoms with E-state index in [2.05, 4.69) is 0 Å². The lowest BCUT2D eigenvalue weighted by Gasteiger charge is -2.13. The second kappa shape index (κ2) is 3.65. The van der Waals surface area contributed by atoms with Crippen molar-refractivity contribution in [1.29, 1.82) is 0 Å². The highest BCUT2D eigenvalue weighted by molar-refractivity contribution is 6.19. The molecule has 0 radical (unpaired) electrons. The summed E-state index contributed by atoms with van der Waals surface area (Å²) >= 11 is 0. The summed E-state index contributed by atoms with van der Waals surface area (Å²) in [7, 11) is 0. The maximum atomic E-state index is 11.4. The first-order chi connectivity index (χ1) is 7.22. The Bertz CT molecular complexity index is 423. The van der Waals surface area contributed by atoms with Gasteiger partial charge in [-0.2, -0.15) is 0 Å². The van der Waals surface area contributed by atoms with E-state index in [1.807, 2.05) is 0 Å². The van der Waals surface area contributed by atoms with Gasteiger partial charge in [-0.15, -0.1) is 0 Å². The Morgan fingerprint density at radius 1 is 1.13 bits per heavy atom. The lowest BCUT2D eigenvalue weighted by atomic mass is 10.2. The second-order valence-electron chi connectivity index (χ2n) is 3.34. The van der Waals surface area contributed by atoms with Gasteiger partial charge in [0, 0.05) is 18.4 Å². The van der Waals surface area contributed by atoms with Gasteiger partial charge in [0.25, 0.3) is 0 Å². The number of amides is 2. The topological polar surface area (TPSA) is 54.5 Å². The van der Waals surface area contributed by atoms with Crippen LogP contribution in [0.2, 0.25) is 0 Å². The van der Waals surface area contributed by atoms with Crippen LogP contribution in [0.4, 0.5) is 5.69 Å². The summed E-state index contributed by atoms with van der Waals surface area (Å²) in [6, 6.07) is 6.46. The summed E-state index contributed by atoms with van der Waals surface area (Å²) < 4.78 is 0. The van der Waals surface area contributed by atoms with E-state index in [9.17, 15) is 14.4 Å². The molecular formula is C11H9NO3. The van der Waals surface area contributed by atoms with E-state index in [0.29, 0.717) is 17.5 Å². The summed E-state index contributed by atoms with van der Waals surface area (Å²) in [6.07, 6.45) is 1.20. The predicted octanol–water partition coefficient (Wildman–Crippen LogP) is 1.15. The molecule has 15 heavy (non-hydrogen) atoms. The first kappa shape index (κ1) is 9.58. The standard InChI is InChI=1S/C11H9NO3/c13-7-8-2-1-3-9(6-8)12-10(14)4-5-11(12)15/h1-3,6-7H,4-5H2. The van der Waals surface area contributed by atoms with Crippen molar-refractivity contribution in [3.05, 3.63) is 29.8 Å². The minimum absolute atomic E-state index is 0.206. The molecule has 1 aromatic carbocycles. The number of imide groups is 1. The number of carbonyl (C=O) groups is 3. The zero-order valence-electron chi connectivity index (χ0n) is 7.97. The smallest absolute Gasteiger partial charge is 0.234 e. The first-order valence-corrected chi connectivity index (χ1v) is 4.63. The zero-order valence-corrected chi connectivity index (χ0v) is 7.97. The van der Waals surface area contributed by atoms with Crippen LogP contribution < -0.4 is 4.90 Å². The van der Waals surface area contributed by atoms with Gasteiger partial charge in [-0.25, -0.2) is 0 Å². The van der Waals surface area contributed by atoms with E-state index in [-0.39, 0.29) is 24.7 Å². The van der Waals surface area contributed by atoms with Crippen LogP contribution in [0.5, 0.6) is 0 Å². The fourth-order valence-electron chi connectivity index (χ4n) is 1.60. The third-order valence-electron chi connectivity index (χ3n) is 2.32. The molecule has 1 fully saturated rings.